The summed E-state index contributed by atoms with van der Waals surface area (Å²) in [6.45, 7) is 7.64. The Morgan fingerprint density at radius 3 is 2.55 bits per heavy atom. The average molecular weight is 300 g/mol. The first-order chi connectivity index (χ1) is 10.5. The number of aromatic nitrogens is 2. The van der Waals surface area contributed by atoms with Crippen LogP contribution in [-0.4, -0.2) is 34.1 Å². The molecule has 22 heavy (non-hydrogen) atoms. The van der Waals surface area contributed by atoms with Crippen molar-refractivity contribution in [3.05, 3.63) is 41.7 Å². The molecule has 0 saturated heterocycles. The normalized spacial score (nSPS) is 10.3. The Morgan fingerprint density at radius 2 is 1.91 bits per heavy atom. The minimum absolute atomic E-state index is 0.211. The summed E-state index contributed by atoms with van der Waals surface area (Å²) in [4.78, 5) is 22.2. The van der Waals surface area contributed by atoms with Gasteiger partial charge >= 0.3 is 5.97 Å². The van der Waals surface area contributed by atoms with E-state index >= 15 is 0 Å². The van der Waals surface area contributed by atoms with Crippen LogP contribution in [0.3, 0.4) is 0 Å². The van der Waals surface area contributed by atoms with E-state index in [4.69, 9.17) is 0 Å². The molecule has 2 N–H and O–H groups in total. The van der Waals surface area contributed by atoms with Crippen molar-refractivity contribution >= 4 is 23.3 Å². The van der Waals surface area contributed by atoms with Crippen LogP contribution in [0.15, 0.2) is 30.3 Å². The third-order valence-corrected chi connectivity index (χ3v) is 3.33. The van der Waals surface area contributed by atoms with Gasteiger partial charge in [-0.3, -0.25) is 0 Å². The molecule has 0 unspecified atom stereocenters. The zero-order valence-electron chi connectivity index (χ0n) is 13.0. The first-order valence-corrected chi connectivity index (χ1v) is 7.25. The van der Waals surface area contributed by atoms with E-state index in [1.54, 1.807) is 24.3 Å². The lowest BCUT2D eigenvalue weighted by atomic mass is 10.2. The predicted molar refractivity (Wildman–Crippen MR) is 87.0 cm³/mol. The second kappa shape index (κ2) is 6.89. The van der Waals surface area contributed by atoms with Gasteiger partial charge in [0.1, 0.15) is 17.5 Å². The van der Waals surface area contributed by atoms with E-state index in [0.717, 1.165) is 18.9 Å². The highest BCUT2D eigenvalue weighted by molar-refractivity contribution is 5.95. The number of aryl methyl sites for hydroxylation is 1. The monoisotopic (exact) mass is 300 g/mol. The fourth-order valence-electron chi connectivity index (χ4n) is 2.24. The summed E-state index contributed by atoms with van der Waals surface area (Å²) in [5, 5.41) is 12.3. The zero-order valence-corrected chi connectivity index (χ0v) is 13.0. The van der Waals surface area contributed by atoms with Crippen LogP contribution in [0.4, 0.5) is 17.3 Å². The van der Waals surface area contributed by atoms with Crippen LogP contribution >= 0.6 is 0 Å². The van der Waals surface area contributed by atoms with Gasteiger partial charge in [0.15, 0.2) is 0 Å². The topological polar surface area (TPSA) is 78.4 Å². The fourth-order valence-corrected chi connectivity index (χ4v) is 2.24. The Balaban J connectivity index is 2.36. The number of carboxylic acids is 1. The Labute approximate surface area is 129 Å². The van der Waals surface area contributed by atoms with E-state index in [1.165, 1.54) is 0 Å². The van der Waals surface area contributed by atoms with Gasteiger partial charge in [-0.25, -0.2) is 14.8 Å². The van der Waals surface area contributed by atoms with Crippen molar-refractivity contribution in [2.45, 2.75) is 20.8 Å². The molecule has 0 spiro atoms. The summed E-state index contributed by atoms with van der Waals surface area (Å²) in [6.07, 6.45) is 0. The molecule has 2 rings (SSSR count). The van der Waals surface area contributed by atoms with Gasteiger partial charge in [-0.1, -0.05) is 12.1 Å². The summed E-state index contributed by atoms with van der Waals surface area (Å²) >= 11 is 0. The number of carbonyl (C=O) groups is 1. The first kappa shape index (κ1) is 15.8. The molecular formula is C16H20N4O2. The number of hydrogen-bond donors (Lipinski definition) is 2. The summed E-state index contributed by atoms with van der Waals surface area (Å²) in [6, 6.07) is 8.59. The lowest BCUT2D eigenvalue weighted by molar-refractivity contribution is 0.0698. The Morgan fingerprint density at radius 1 is 1.23 bits per heavy atom. The molecule has 1 heterocycles. The van der Waals surface area contributed by atoms with E-state index in [-0.39, 0.29) is 5.56 Å². The smallest absolute Gasteiger partial charge is 0.337 e. The van der Waals surface area contributed by atoms with E-state index in [9.17, 15) is 9.90 Å². The van der Waals surface area contributed by atoms with Crippen LogP contribution in [0.1, 0.15) is 30.0 Å². The maximum absolute atomic E-state index is 11.3. The van der Waals surface area contributed by atoms with Crippen LogP contribution < -0.4 is 10.2 Å². The number of anilines is 3. The molecule has 0 radical (unpaired) electrons. The largest absolute Gasteiger partial charge is 0.478 e. The molecule has 1 aromatic heterocycles. The van der Waals surface area contributed by atoms with E-state index in [2.05, 4.69) is 34.0 Å². The van der Waals surface area contributed by atoms with Crippen LogP contribution in [0.2, 0.25) is 0 Å². The van der Waals surface area contributed by atoms with Crippen molar-refractivity contribution in [1.29, 1.82) is 0 Å². The maximum Gasteiger partial charge on any atom is 0.337 e. The van der Waals surface area contributed by atoms with Crippen molar-refractivity contribution in [2.75, 3.05) is 23.3 Å². The van der Waals surface area contributed by atoms with Crippen molar-refractivity contribution in [1.82, 2.24) is 9.97 Å². The Bertz CT molecular complexity index is 669. The van der Waals surface area contributed by atoms with Gasteiger partial charge in [-0.15, -0.1) is 0 Å². The van der Waals surface area contributed by atoms with Gasteiger partial charge in [0.25, 0.3) is 0 Å². The number of nitrogens with one attached hydrogen (secondary N) is 1. The number of para-hydroxylation sites is 1. The minimum Gasteiger partial charge on any atom is -0.478 e. The van der Waals surface area contributed by atoms with Gasteiger partial charge in [-0.05, 0) is 32.9 Å². The number of benzene rings is 1. The molecule has 1 aromatic carbocycles. The highest BCUT2D eigenvalue weighted by atomic mass is 16.4. The molecule has 6 heteroatoms. The quantitative estimate of drug-likeness (QED) is 0.853. The van der Waals surface area contributed by atoms with Crippen LogP contribution in [0.25, 0.3) is 0 Å². The molecule has 116 valence electrons. The predicted octanol–water partition coefficient (Wildman–Crippen LogP) is 3.07. The van der Waals surface area contributed by atoms with E-state index < -0.39 is 5.97 Å². The van der Waals surface area contributed by atoms with Crippen LogP contribution in [0.5, 0.6) is 0 Å². The molecule has 6 nitrogen and oxygen atoms in total. The zero-order chi connectivity index (χ0) is 16.1. The van der Waals surface area contributed by atoms with Crippen molar-refractivity contribution in [3.8, 4) is 0 Å². The van der Waals surface area contributed by atoms with Gasteiger partial charge in [0, 0.05) is 19.2 Å². The van der Waals surface area contributed by atoms with Gasteiger partial charge in [0.2, 0.25) is 0 Å². The molecule has 0 aliphatic rings. The van der Waals surface area contributed by atoms with Crippen LogP contribution in [0, 0.1) is 6.92 Å². The number of aromatic carboxylic acids is 1. The molecule has 2 aromatic rings. The molecule has 0 atom stereocenters. The average Bonchev–Trinajstić information content (AvgIpc) is 2.48. The number of hydrogen-bond acceptors (Lipinski definition) is 5. The molecule has 0 fully saturated rings. The molecule has 0 saturated carbocycles. The van der Waals surface area contributed by atoms with Crippen LogP contribution in [-0.2, 0) is 0 Å². The third kappa shape index (κ3) is 3.52. The highest BCUT2D eigenvalue weighted by Gasteiger charge is 2.12. The second-order valence-corrected chi connectivity index (χ2v) is 4.81. The lowest BCUT2D eigenvalue weighted by Crippen LogP contribution is -2.23. The lowest BCUT2D eigenvalue weighted by Gasteiger charge is -2.21. The Kier molecular flexibility index (Phi) is 4.93. The van der Waals surface area contributed by atoms with Gasteiger partial charge in [-0.2, -0.15) is 0 Å². The van der Waals surface area contributed by atoms with E-state index in [1.807, 2.05) is 13.0 Å². The summed E-state index contributed by atoms with van der Waals surface area (Å²) in [7, 11) is 0. The van der Waals surface area contributed by atoms with Crippen molar-refractivity contribution in [2.24, 2.45) is 0 Å². The van der Waals surface area contributed by atoms with Crippen molar-refractivity contribution in [3.63, 3.8) is 0 Å². The maximum atomic E-state index is 11.3. The molecule has 0 aliphatic carbocycles. The molecular weight excluding hydrogens is 280 g/mol. The van der Waals surface area contributed by atoms with E-state index in [0.29, 0.717) is 17.3 Å². The van der Waals surface area contributed by atoms with Gasteiger partial charge < -0.3 is 15.3 Å². The number of rotatable bonds is 6. The summed E-state index contributed by atoms with van der Waals surface area (Å²) in [5.41, 5.74) is 0.724. The molecule has 0 amide bonds. The minimum atomic E-state index is -0.974. The first-order valence-electron chi connectivity index (χ1n) is 7.25. The SMILES string of the molecule is CCN(CC)c1cc(Nc2ccccc2C(=O)O)nc(C)n1. The molecule has 0 bridgehead atoms. The number of carboxylic acid groups (broad SMARTS) is 1. The summed E-state index contributed by atoms with van der Waals surface area (Å²) in [5.74, 6) is 1.08. The second-order valence-electron chi connectivity index (χ2n) is 4.81. The fraction of sp³-hybridized carbons (Fsp3) is 0.312. The Hall–Kier alpha value is -2.63. The molecule has 0 aliphatic heterocycles. The number of nitrogens with zero attached hydrogens (tertiary/aromatic N) is 3. The summed E-state index contributed by atoms with van der Waals surface area (Å²) < 4.78 is 0. The van der Waals surface area contributed by atoms with Crippen molar-refractivity contribution < 1.29 is 9.90 Å². The highest BCUT2D eigenvalue weighted by Crippen LogP contribution is 2.22. The van der Waals surface area contributed by atoms with Gasteiger partial charge in [0.05, 0.1) is 11.3 Å². The standard InChI is InChI=1S/C16H20N4O2/c1-4-20(5-2)15-10-14(17-11(3)18-15)19-13-9-7-6-8-12(13)16(21)22/h6-10H,4-5H2,1-3H3,(H,21,22)(H,17,18,19). The third-order valence-electron chi connectivity index (χ3n) is 3.33.